The summed E-state index contributed by atoms with van der Waals surface area (Å²) in [4.78, 5) is 32.2. The number of imidazole rings is 1. The normalized spacial score (nSPS) is 14.6. The quantitative estimate of drug-likeness (QED) is 0.662. The molecule has 2 amide bonds. The van der Waals surface area contributed by atoms with E-state index in [0.29, 0.717) is 37.4 Å². The van der Waals surface area contributed by atoms with Crippen LogP contribution in [-0.4, -0.2) is 46.5 Å². The van der Waals surface area contributed by atoms with Crippen LogP contribution in [0.2, 0.25) is 0 Å². The lowest BCUT2D eigenvalue weighted by atomic mass is 9.95. The van der Waals surface area contributed by atoms with Crippen LogP contribution in [0.1, 0.15) is 25.6 Å². The molecular weight excluding hydrogens is 392 g/mol. The Balaban J connectivity index is 1.37. The number of hydrogen-bond acceptors (Lipinski definition) is 4. The number of likely N-dealkylation sites (tertiary alicyclic amines) is 1. The van der Waals surface area contributed by atoms with Crippen molar-refractivity contribution in [1.82, 2.24) is 14.5 Å². The van der Waals surface area contributed by atoms with Gasteiger partial charge in [0.25, 0.3) is 0 Å². The molecule has 0 spiro atoms. The Hall–Kier alpha value is -3.35. The third-order valence-electron chi connectivity index (χ3n) is 5.93. The molecule has 0 atom stereocenters. The van der Waals surface area contributed by atoms with Crippen LogP contribution < -0.4 is 10.1 Å². The second-order valence-corrected chi connectivity index (χ2v) is 7.80. The van der Waals surface area contributed by atoms with Gasteiger partial charge < -0.3 is 19.5 Å². The highest BCUT2D eigenvalue weighted by atomic mass is 16.5. The highest BCUT2D eigenvalue weighted by Gasteiger charge is 2.28. The number of para-hydroxylation sites is 4. The fraction of sp³-hybridized carbons (Fsp3) is 0.375. The summed E-state index contributed by atoms with van der Waals surface area (Å²) in [5.41, 5.74) is 2.57. The topological polar surface area (TPSA) is 76.5 Å². The first-order valence-corrected chi connectivity index (χ1v) is 10.8. The molecule has 4 rings (SSSR count). The fourth-order valence-corrected chi connectivity index (χ4v) is 4.18. The number of piperidine rings is 1. The Morgan fingerprint density at radius 2 is 1.81 bits per heavy atom. The van der Waals surface area contributed by atoms with Gasteiger partial charge in [0.05, 0.1) is 23.8 Å². The van der Waals surface area contributed by atoms with E-state index >= 15 is 0 Å². The van der Waals surface area contributed by atoms with Crippen LogP contribution in [0.3, 0.4) is 0 Å². The number of anilines is 1. The van der Waals surface area contributed by atoms with Crippen molar-refractivity contribution in [2.24, 2.45) is 5.92 Å². The predicted molar refractivity (Wildman–Crippen MR) is 120 cm³/mol. The number of carbonyl (C=O) groups is 2. The van der Waals surface area contributed by atoms with Crippen molar-refractivity contribution in [3.8, 4) is 5.75 Å². The first-order chi connectivity index (χ1) is 15.1. The molecule has 31 heavy (non-hydrogen) atoms. The number of fused-ring (bicyclic) bond motifs is 1. The maximum atomic E-state index is 13.0. The summed E-state index contributed by atoms with van der Waals surface area (Å²) < 4.78 is 7.32. The van der Waals surface area contributed by atoms with Crippen molar-refractivity contribution in [3.05, 3.63) is 54.4 Å². The van der Waals surface area contributed by atoms with E-state index in [-0.39, 0.29) is 24.3 Å². The van der Waals surface area contributed by atoms with Crippen LogP contribution in [-0.2, 0) is 22.6 Å². The Kier molecular flexibility index (Phi) is 6.21. The van der Waals surface area contributed by atoms with E-state index in [0.717, 1.165) is 23.3 Å². The molecule has 0 saturated carbocycles. The summed E-state index contributed by atoms with van der Waals surface area (Å²) in [7, 11) is 1.59. The number of carbonyl (C=O) groups excluding carboxylic acids is 2. The van der Waals surface area contributed by atoms with Gasteiger partial charge in [-0.25, -0.2) is 4.98 Å². The van der Waals surface area contributed by atoms with Crippen molar-refractivity contribution in [2.75, 3.05) is 25.5 Å². The molecular formula is C24H28N4O3. The summed E-state index contributed by atoms with van der Waals surface area (Å²) >= 11 is 0. The first-order valence-electron chi connectivity index (χ1n) is 10.8. The monoisotopic (exact) mass is 420 g/mol. The van der Waals surface area contributed by atoms with Gasteiger partial charge in [0.1, 0.15) is 18.1 Å². The van der Waals surface area contributed by atoms with Gasteiger partial charge in [-0.3, -0.25) is 9.59 Å². The number of nitrogens with zero attached hydrogens (tertiary/aromatic N) is 3. The van der Waals surface area contributed by atoms with Crippen LogP contribution in [0.15, 0.2) is 48.5 Å². The molecule has 2 heterocycles. The molecule has 2 aromatic carbocycles. The van der Waals surface area contributed by atoms with Gasteiger partial charge in [-0.15, -0.1) is 0 Å². The van der Waals surface area contributed by atoms with E-state index < -0.39 is 0 Å². The Morgan fingerprint density at radius 1 is 1.10 bits per heavy atom. The van der Waals surface area contributed by atoms with Crippen molar-refractivity contribution in [3.63, 3.8) is 0 Å². The SMILES string of the molecule is CCc1nc2ccccc2n1CC(=O)N1CCC(C(=O)Nc2ccccc2OC)CC1. The number of aryl methyl sites for hydroxylation is 1. The van der Waals surface area contributed by atoms with Crippen LogP contribution in [0.5, 0.6) is 5.75 Å². The van der Waals surface area contributed by atoms with Gasteiger partial charge in [-0.05, 0) is 37.1 Å². The van der Waals surface area contributed by atoms with E-state index in [9.17, 15) is 9.59 Å². The lowest BCUT2D eigenvalue weighted by Crippen LogP contribution is -2.42. The third-order valence-corrected chi connectivity index (χ3v) is 5.93. The molecule has 7 heteroatoms. The van der Waals surface area contributed by atoms with Gasteiger partial charge in [0.2, 0.25) is 11.8 Å². The molecule has 7 nitrogen and oxygen atoms in total. The summed E-state index contributed by atoms with van der Waals surface area (Å²) in [6.07, 6.45) is 2.07. The van der Waals surface area contributed by atoms with Gasteiger partial charge in [0, 0.05) is 25.4 Å². The molecule has 1 aliphatic heterocycles. The van der Waals surface area contributed by atoms with Crippen molar-refractivity contribution >= 4 is 28.5 Å². The molecule has 162 valence electrons. The molecule has 1 aromatic heterocycles. The van der Waals surface area contributed by atoms with Crippen LogP contribution >= 0.6 is 0 Å². The van der Waals surface area contributed by atoms with Crippen LogP contribution in [0.4, 0.5) is 5.69 Å². The van der Waals surface area contributed by atoms with Crippen LogP contribution in [0.25, 0.3) is 11.0 Å². The molecule has 0 aliphatic carbocycles. The van der Waals surface area contributed by atoms with Gasteiger partial charge in [0.15, 0.2) is 0 Å². The van der Waals surface area contributed by atoms with Gasteiger partial charge in [-0.1, -0.05) is 31.2 Å². The number of rotatable bonds is 6. The number of aromatic nitrogens is 2. The zero-order chi connectivity index (χ0) is 21.8. The number of methoxy groups -OCH3 is 1. The molecule has 0 unspecified atom stereocenters. The molecule has 1 fully saturated rings. The van der Waals surface area contributed by atoms with E-state index in [2.05, 4.69) is 10.3 Å². The average molecular weight is 421 g/mol. The lowest BCUT2D eigenvalue weighted by Gasteiger charge is -2.31. The molecule has 0 bridgehead atoms. The number of nitrogens with one attached hydrogen (secondary N) is 1. The minimum Gasteiger partial charge on any atom is -0.495 e. The summed E-state index contributed by atoms with van der Waals surface area (Å²) in [5, 5.41) is 2.97. The van der Waals surface area contributed by atoms with E-state index in [1.54, 1.807) is 7.11 Å². The molecule has 1 N–H and O–H groups in total. The minimum absolute atomic E-state index is 0.0227. The van der Waals surface area contributed by atoms with Crippen molar-refractivity contribution in [1.29, 1.82) is 0 Å². The van der Waals surface area contributed by atoms with E-state index in [1.165, 1.54) is 0 Å². The molecule has 3 aromatic rings. The Bertz CT molecular complexity index is 1080. The smallest absolute Gasteiger partial charge is 0.242 e. The zero-order valence-corrected chi connectivity index (χ0v) is 18.0. The first kappa shape index (κ1) is 20.9. The number of ether oxygens (including phenoxy) is 1. The number of benzene rings is 2. The second-order valence-electron chi connectivity index (χ2n) is 7.80. The second kappa shape index (κ2) is 9.20. The Labute approximate surface area is 182 Å². The van der Waals surface area contributed by atoms with Crippen LogP contribution in [0, 0.1) is 5.92 Å². The number of amides is 2. The Morgan fingerprint density at radius 3 is 2.55 bits per heavy atom. The van der Waals surface area contributed by atoms with Crippen molar-refractivity contribution in [2.45, 2.75) is 32.7 Å². The molecule has 1 aliphatic rings. The molecule has 1 saturated heterocycles. The fourth-order valence-electron chi connectivity index (χ4n) is 4.18. The lowest BCUT2D eigenvalue weighted by molar-refractivity contribution is -0.135. The largest absolute Gasteiger partial charge is 0.495 e. The maximum Gasteiger partial charge on any atom is 0.242 e. The summed E-state index contributed by atoms with van der Waals surface area (Å²) in [5.74, 6) is 1.49. The molecule has 0 radical (unpaired) electrons. The highest BCUT2D eigenvalue weighted by molar-refractivity contribution is 5.94. The third kappa shape index (κ3) is 4.40. The summed E-state index contributed by atoms with van der Waals surface area (Å²) in [6.45, 7) is 3.49. The standard InChI is InChI=1S/C24H28N4O3/c1-3-22-25-18-8-4-6-10-20(18)28(22)16-23(29)27-14-12-17(13-15-27)24(30)26-19-9-5-7-11-21(19)31-2/h4-11,17H,3,12-16H2,1-2H3,(H,26,30). The minimum atomic E-state index is -0.116. The zero-order valence-electron chi connectivity index (χ0n) is 18.0. The van der Waals surface area contributed by atoms with Gasteiger partial charge >= 0.3 is 0 Å². The average Bonchev–Trinajstić information content (AvgIpc) is 3.17. The maximum absolute atomic E-state index is 13.0. The van der Waals surface area contributed by atoms with E-state index in [1.807, 2.05) is 64.9 Å². The summed E-state index contributed by atoms with van der Waals surface area (Å²) in [6, 6.07) is 15.3. The van der Waals surface area contributed by atoms with Crippen molar-refractivity contribution < 1.29 is 14.3 Å². The van der Waals surface area contributed by atoms with E-state index in [4.69, 9.17) is 4.74 Å². The predicted octanol–water partition coefficient (Wildman–Crippen LogP) is 3.48. The number of hydrogen-bond donors (Lipinski definition) is 1. The highest BCUT2D eigenvalue weighted by Crippen LogP contribution is 2.26. The van der Waals surface area contributed by atoms with Gasteiger partial charge in [-0.2, -0.15) is 0 Å².